The summed E-state index contributed by atoms with van der Waals surface area (Å²) in [5.74, 6) is -0.209. The molecule has 0 amide bonds. The molecule has 3 heteroatoms. The second-order valence-corrected chi connectivity index (χ2v) is 5.93. The maximum Gasteiger partial charge on any atom is 0.123 e. The summed E-state index contributed by atoms with van der Waals surface area (Å²) < 4.78 is 14.1. The molecule has 0 aromatic heterocycles. The molecule has 106 valence electrons. The predicted molar refractivity (Wildman–Crippen MR) is 85.2 cm³/mol. The third-order valence-corrected chi connectivity index (χ3v) is 4.15. The number of hydrogen-bond acceptors (Lipinski definition) is 1. The average molecular weight is 336 g/mol. The molecule has 2 rings (SSSR count). The number of benzene rings is 2. The van der Waals surface area contributed by atoms with Crippen LogP contribution in [0.3, 0.4) is 0 Å². The second-order valence-electron chi connectivity index (χ2n) is 5.08. The number of hydrogen-bond donors (Lipinski definition) is 1. The van der Waals surface area contributed by atoms with Crippen LogP contribution in [-0.2, 0) is 12.8 Å². The Labute approximate surface area is 128 Å². The van der Waals surface area contributed by atoms with E-state index in [1.54, 1.807) is 12.1 Å². The summed E-state index contributed by atoms with van der Waals surface area (Å²) in [5, 5.41) is 0. The molecular formula is C17H19BrFN. The van der Waals surface area contributed by atoms with Gasteiger partial charge in [-0.25, -0.2) is 4.39 Å². The summed E-state index contributed by atoms with van der Waals surface area (Å²) in [4.78, 5) is 0. The number of halogens is 2. The van der Waals surface area contributed by atoms with Crippen LogP contribution in [0.15, 0.2) is 53.0 Å². The zero-order valence-electron chi connectivity index (χ0n) is 11.4. The molecule has 0 aliphatic carbocycles. The smallest absolute Gasteiger partial charge is 0.123 e. The minimum Gasteiger partial charge on any atom is -0.327 e. The van der Waals surface area contributed by atoms with Gasteiger partial charge in [0, 0.05) is 10.5 Å². The summed E-state index contributed by atoms with van der Waals surface area (Å²) in [5.41, 5.74) is 8.43. The fourth-order valence-electron chi connectivity index (χ4n) is 2.30. The van der Waals surface area contributed by atoms with Gasteiger partial charge in [-0.3, -0.25) is 0 Å². The maximum absolute atomic E-state index is 13.2. The summed E-state index contributed by atoms with van der Waals surface area (Å²) in [7, 11) is 0. The Hall–Kier alpha value is -1.19. The molecule has 0 spiro atoms. The Balaban J connectivity index is 1.80. The Morgan fingerprint density at radius 1 is 1.10 bits per heavy atom. The normalized spacial score (nSPS) is 12.3. The lowest BCUT2D eigenvalue weighted by Gasteiger charge is -2.13. The first-order valence-corrected chi connectivity index (χ1v) is 7.68. The third-order valence-electron chi connectivity index (χ3n) is 3.37. The summed E-state index contributed by atoms with van der Waals surface area (Å²) in [6.07, 6.45) is 3.74. The van der Waals surface area contributed by atoms with Crippen LogP contribution in [0.1, 0.15) is 24.0 Å². The minimum absolute atomic E-state index is 0.0665. The van der Waals surface area contributed by atoms with Gasteiger partial charge >= 0.3 is 0 Å². The van der Waals surface area contributed by atoms with Crippen LogP contribution in [0.2, 0.25) is 0 Å². The molecule has 1 atom stereocenters. The highest BCUT2D eigenvalue weighted by Gasteiger charge is 2.08. The summed E-state index contributed by atoms with van der Waals surface area (Å²) in [6.45, 7) is 0. The van der Waals surface area contributed by atoms with Gasteiger partial charge in [-0.1, -0.05) is 46.3 Å². The average Bonchev–Trinajstić information content (AvgIpc) is 2.44. The fourth-order valence-corrected chi connectivity index (χ4v) is 2.71. The SMILES string of the molecule is NC(CCCc1ccccc1)Cc1cc(F)ccc1Br. The first-order valence-electron chi connectivity index (χ1n) is 6.88. The quantitative estimate of drug-likeness (QED) is 0.827. The molecule has 0 saturated heterocycles. The zero-order valence-corrected chi connectivity index (χ0v) is 12.9. The first-order chi connectivity index (χ1) is 9.65. The molecule has 2 N–H and O–H groups in total. The summed E-state index contributed by atoms with van der Waals surface area (Å²) >= 11 is 3.44. The van der Waals surface area contributed by atoms with E-state index >= 15 is 0 Å². The van der Waals surface area contributed by atoms with Crippen molar-refractivity contribution in [3.05, 3.63) is 69.9 Å². The molecule has 1 nitrogen and oxygen atoms in total. The molecular weight excluding hydrogens is 317 g/mol. The Kier molecular flexibility index (Phi) is 5.74. The number of rotatable bonds is 6. The number of nitrogens with two attached hydrogens (primary N) is 1. The van der Waals surface area contributed by atoms with Crippen molar-refractivity contribution >= 4 is 15.9 Å². The lowest BCUT2D eigenvalue weighted by Crippen LogP contribution is -2.23. The van der Waals surface area contributed by atoms with Gasteiger partial charge in [0.05, 0.1) is 0 Å². The largest absolute Gasteiger partial charge is 0.327 e. The van der Waals surface area contributed by atoms with E-state index in [4.69, 9.17) is 5.73 Å². The van der Waals surface area contributed by atoms with Crippen molar-refractivity contribution in [1.82, 2.24) is 0 Å². The molecule has 0 aliphatic rings. The van der Waals surface area contributed by atoms with Crippen LogP contribution in [0.25, 0.3) is 0 Å². The van der Waals surface area contributed by atoms with E-state index in [-0.39, 0.29) is 11.9 Å². The van der Waals surface area contributed by atoms with Crippen molar-refractivity contribution in [3.8, 4) is 0 Å². The Morgan fingerprint density at radius 3 is 2.60 bits per heavy atom. The molecule has 0 saturated carbocycles. The molecule has 0 heterocycles. The van der Waals surface area contributed by atoms with Gasteiger partial charge < -0.3 is 5.73 Å². The topological polar surface area (TPSA) is 26.0 Å². The van der Waals surface area contributed by atoms with Gasteiger partial charge in [-0.15, -0.1) is 0 Å². The van der Waals surface area contributed by atoms with Gasteiger partial charge in [0.25, 0.3) is 0 Å². The molecule has 0 fully saturated rings. The van der Waals surface area contributed by atoms with Gasteiger partial charge in [0.1, 0.15) is 5.82 Å². The zero-order chi connectivity index (χ0) is 14.4. The second kappa shape index (κ2) is 7.55. The van der Waals surface area contributed by atoms with E-state index in [2.05, 4.69) is 40.2 Å². The van der Waals surface area contributed by atoms with E-state index in [1.807, 2.05) is 6.07 Å². The highest BCUT2D eigenvalue weighted by molar-refractivity contribution is 9.10. The van der Waals surface area contributed by atoms with E-state index in [0.717, 1.165) is 29.3 Å². The van der Waals surface area contributed by atoms with E-state index < -0.39 is 0 Å². The molecule has 2 aromatic rings. The van der Waals surface area contributed by atoms with E-state index in [9.17, 15) is 4.39 Å². The van der Waals surface area contributed by atoms with Crippen LogP contribution in [0.4, 0.5) is 4.39 Å². The first kappa shape index (κ1) is 15.2. The molecule has 2 aromatic carbocycles. The molecule has 0 bridgehead atoms. The molecule has 0 aliphatic heterocycles. The van der Waals surface area contributed by atoms with Crippen LogP contribution in [0, 0.1) is 5.82 Å². The third kappa shape index (κ3) is 4.73. The van der Waals surface area contributed by atoms with Crippen LogP contribution < -0.4 is 5.73 Å². The number of aryl methyl sites for hydroxylation is 1. The molecule has 1 unspecified atom stereocenters. The standard InChI is InChI=1S/C17H19BrFN/c18-17-10-9-15(19)11-14(17)12-16(20)8-4-7-13-5-2-1-3-6-13/h1-3,5-6,9-11,16H,4,7-8,12,20H2. The summed E-state index contributed by atoms with van der Waals surface area (Å²) in [6, 6.07) is 15.2. The maximum atomic E-state index is 13.2. The van der Waals surface area contributed by atoms with Crippen molar-refractivity contribution in [2.45, 2.75) is 31.7 Å². The fraction of sp³-hybridized carbons (Fsp3) is 0.294. The highest BCUT2D eigenvalue weighted by Crippen LogP contribution is 2.20. The Morgan fingerprint density at radius 2 is 1.85 bits per heavy atom. The predicted octanol–water partition coefficient (Wildman–Crippen LogP) is 4.48. The van der Waals surface area contributed by atoms with Crippen LogP contribution in [0.5, 0.6) is 0 Å². The molecule has 0 radical (unpaired) electrons. The van der Waals surface area contributed by atoms with Crippen molar-refractivity contribution < 1.29 is 4.39 Å². The molecule has 20 heavy (non-hydrogen) atoms. The van der Waals surface area contributed by atoms with E-state index in [1.165, 1.54) is 11.6 Å². The van der Waals surface area contributed by atoms with Crippen molar-refractivity contribution in [2.24, 2.45) is 5.73 Å². The monoisotopic (exact) mass is 335 g/mol. The lowest BCUT2D eigenvalue weighted by atomic mass is 10.00. The van der Waals surface area contributed by atoms with Gasteiger partial charge in [0.2, 0.25) is 0 Å². The lowest BCUT2D eigenvalue weighted by molar-refractivity contribution is 0.574. The van der Waals surface area contributed by atoms with Crippen molar-refractivity contribution in [3.63, 3.8) is 0 Å². The van der Waals surface area contributed by atoms with Gasteiger partial charge in [-0.2, -0.15) is 0 Å². The van der Waals surface area contributed by atoms with Crippen molar-refractivity contribution in [2.75, 3.05) is 0 Å². The minimum atomic E-state index is -0.209. The van der Waals surface area contributed by atoms with Crippen LogP contribution in [-0.4, -0.2) is 6.04 Å². The highest BCUT2D eigenvalue weighted by atomic mass is 79.9. The van der Waals surface area contributed by atoms with Gasteiger partial charge in [0.15, 0.2) is 0 Å². The van der Waals surface area contributed by atoms with E-state index in [0.29, 0.717) is 6.42 Å². The van der Waals surface area contributed by atoms with Crippen LogP contribution >= 0.6 is 15.9 Å². The Bertz CT molecular complexity index is 542. The van der Waals surface area contributed by atoms with Crippen molar-refractivity contribution in [1.29, 1.82) is 0 Å². The van der Waals surface area contributed by atoms with Gasteiger partial charge in [-0.05, 0) is 55.0 Å².